The summed E-state index contributed by atoms with van der Waals surface area (Å²) in [5, 5.41) is 0. The summed E-state index contributed by atoms with van der Waals surface area (Å²) in [5.41, 5.74) is 0.671. The lowest BCUT2D eigenvalue weighted by Crippen LogP contribution is -2.08. The van der Waals surface area contributed by atoms with Crippen molar-refractivity contribution in [2.45, 2.75) is 6.42 Å². The monoisotopic (exact) mass is 324 g/mol. The van der Waals surface area contributed by atoms with E-state index < -0.39 is 5.97 Å². The highest BCUT2D eigenvalue weighted by molar-refractivity contribution is 5.87. The molecule has 0 fully saturated rings. The SMILES string of the molecule is COC(=O)C=Cc1cc(OC)c(OCCC(=O)OC)c(OC)c1. The van der Waals surface area contributed by atoms with Crippen LogP contribution >= 0.6 is 0 Å². The average Bonchev–Trinajstić information content (AvgIpc) is 2.59. The highest BCUT2D eigenvalue weighted by atomic mass is 16.5. The topological polar surface area (TPSA) is 80.3 Å². The Morgan fingerprint density at radius 3 is 2.09 bits per heavy atom. The number of methoxy groups -OCH3 is 4. The van der Waals surface area contributed by atoms with Gasteiger partial charge in [-0.1, -0.05) is 0 Å². The summed E-state index contributed by atoms with van der Waals surface area (Å²) >= 11 is 0. The van der Waals surface area contributed by atoms with Crippen molar-refractivity contribution in [1.29, 1.82) is 0 Å². The summed E-state index contributed by atoms with van der Waals surface area (Å²) in [4.78, 5) is 22.3. The Hall–Kier alpha value is -2.70. The van der Waals surface area contributed by atoms with Crippen LogP contribution in [-0.2, 0) is 19.1 Å². The molecule has 0 bridgehead atoms. The van der Waals surface area contributed by atoms with Gasteiger partial charge in [0.1, 0.15) is 0 Å². The number of esters is 2. The van der Waals surface area contributed by atoms with E-state index in [2.05, 4.69) is 9.47 Å². The van der Waals surface area contributed by atoms with Gasteiger partial charge in [-0.15, -0.1) is 0 Å². The minimum atomic E-state index is -0.471. The summed E-state index contributed by atoms with van der Waals surface area (Å²) in [6.45, 7) is 0.122. The highest BCUT2D eigenvalue weighted by Gasteiger charge is 2.14. The summed E-state index contributed by atoms with van der Waals surface area (Å²) in [6.07, 6.45) is 2.95. The molecule has 0 spiro atoms. The fraction of sp³-hybridized carbons (Fsp3) is 0.375. The van der Waals surface area contributed by atoms with Gasteiger partial charge in [0.2, 0.25) is 5.75 Å². The van der Waals surface area contributed by atoms with E-state index in [-0.39, 0.29) is 19.0 Å². The highest BCUT2D eigenvalue weighted by Crippen LogP contribution is 2.39. The first-order chi connectivity index (χ1) is 11.0. The van der Waals surface area contributed by atoms with Crippen LogP contribution in [0.3, 0.4) is 0 Å². The van der Waals surface area contributed by atoms with Crippen LogP contribution in [0.25, 0.3) is 6.08 Å². The van der Waals surface area contributed by atoms with Crippen LogP contribution in [0.1, 0.15) is 12.0 Å². The molecule has 0 unspecified atom stereocenters. The van der Waals surface area contributed by atoms with Gasteiger partial charge in [0.25, 0.3) is 0 Å². The Morgan fingerprint density at radius 2 is 1.61 bits per heavy atom. The molecule has 7 heteroatoms. The standard InChI is InChI=1S/C16H20O7/c1-19-12-9-11(5-6-14(17)21-3)10-13(20-2)16(12)23-8-7-15(18)22-4/h5-6,9-10H,7-8H2,1-4H3. The molecule has 0 aromatic heterocycles. The van der Waals surface area contributed by atoms with Crippen molar-refractivity contribution in [3.63, 3.8) is 0 Å². The van der Waals surface area contributed by atoms with Gasteiger partial charge in [0, 0.05) is 6.08 Å². The molecule has 126 valence electrons. The number of rotatable bonds is 8. The Labute approximate surface area is 134 Å². The fourth-order valence-electron chi connectivity index (χ4n) is 1.71. The van der Waals surface area contributed by atoms with E-state index in [0.29, 0.717) is 22.8 Å². The molecule has 0 saturated carbocycles. The lowest BCUT2D eigenvalue weighted by Gasteiger charge is -2.15. The molecule has 1 rings (SSSR count). The smallest absolute Gasteiger partial charge is 0.330 e. The predicted molar refractivity (Wildman–Crippen MR) is 82.7 cm³/mol. The second kappa shape index (κ2) is 9.34. The summed E-state index contributed by atoms with van der Waals surface area (Å²) in [5.74, 6) is 0.355. The van der Waals surface area contributed by atoms with E-state index in [0.717, 1.165) is 0 Å². The van der Waals surface area contributed by atoms with Gasteiger partial charge in [-0.3, -0.25) is 4.79 Å². The van der Waals surface area contributed by atoms with Gasteiger partial charge in [-0.2, -0.15) is 0 Å². The molecule has 7 nitrogen and oxygen atoms in total. The van der Waals surface area contributed by atoms with Crippen molar-refractivity contribution in [1.82, 2.24) is 0 Å². The Kier molecular flexibility index (Phi) is 7.45. The molecule has 0 aliphatic heterocycles. The van der Waals surface area contributed by atoms with E-state index in [1.807, 2.05) is 0 Å². The predicted octanol–water partition coefficient (Wildman–Crippen LogP) is 1.83. The second-order valence-corrected chi connectivity index (χ2v) is 4.29. The number of hydrogen-bond acceptors (Lipinski definition) is 7. The number of carbonyl (C=O) groups is 2. The van der Waals surface area contributed by atoms with Crippen LogP contribution in [-0.4, -0.2) is 47.0 Å². The Bertz CT molecular complexity index is 553. The number of carbonyl (C=O) groups excluding carboxylic acids is 2. The van der Waals surface area contributed by atoms with Crippen molar-refractivity contribution in [2.24, 2.45) is 0 Å². The molecular formula is C16H20O7. The first-order valence-electron chi connectivity index (χ1n) is 6.77. The second-order valence-electron chi connectivity index (χ2n) is 4.29. The fourth-order valence-corrected chi connectivity index (χ4v) is 1.71. The minimum absolute atomic E-state index is 0.104. The Balaban J connectivity index is 2.99. The van der Waals surface area contributed by atoms with Gasteiger partial charge in [-0.05, 0) is 23.8 Å². The van der Waals surface area contributed by atoms with Crippen LogP contribution in [0, 0.1) is 0 Å². The lowest BCUT2D eigenvalue weighted by atomic mass is 10.1. The van der Waals surface area contributed by atoms with Crippen LogP contribution in [0.15, 0.2) is 18.2 Å². The normalized spacial score (nSPS) is 10.3. The van der Waals surface area contributed by atoms with Crippen molar-refractivity contribution in [2.75, 3.05) is 35.0 Å². The van der Waals surface area contributed by atoms with Crippen molar-refractivity contribution >= 4 is 18.0 Å². The maximum absolute atomic E-state index is 11.2. The number of benzene rings is 1. The third kappa shape index (κ3) is 5.54. The van der Waals surface area contributed by atoms with Crippen LogP contribution < -0.4 is 14.2 Å². The molecule has 23 heavy (non-hydrogen) atoms. The van der Waals surface area contributed by atoms with Gasteiger partial charge in [-0.25, -0.2) is 4.79 Å². The van der Waals surface area contributed by atoms with Gasteiger partial charge >= 0.3 is 11.9 Å². The minimum Gasteiger partial charge on any atom is -0.493 e. The number of ether oxygens (including phenoxy) is 5. The molecule has 0 N–H and O–H groups in total. The van der Waals surface area contributed by atoms with Crippen molar-refractivity contribution in [3.8, 4) is 17.2 Å². The summed E-state index contributed by atoms with van der Waals surface area (Å²) < 4.78 is 25.2. The lowest BCUT2D eigenvalue weighted by molar-refractivity contribution is -0.141. The van der Waals surface area contributed by atoms with Crippen LogP contribution in [0.2, 0.25) is 0 Å². The third-order valence-corrected chi connectivity index (χ3v) is 2.88. The summed E-state index contributed by atoms with van der Waals surface area (Å²) in [6, 6.07) is 3.35. The first kappa shape index (κ1) is 18.3. The maximum Gasteiger partial charge on any atom is 0.330 e. The molecule has 0 amide bonds. The molecule has 0 radical (unpaired) electrons. The average molecular weight is 324 g/mol. The van der Waals surface area contributed by atoms with Crippen molar-refractivity contribution < 1.29 is 33.3 Å². The number of hydrogen-bond donors (Lipinski definition) is 0. The van der Waals surface area contributed by atoms with Crippen molar-refractivity contribution in [3.05, 3.63) is 23.8 Å². The van der Waals surface area contributed by atoms with E-state index in [9.17, 15) is 9.59 Å². The molecule has 0 atom stereocenters. The van der Waals surface area contributed by atoms with Gasteiger partial charge in [0.15, 0.2) is 11.5 Å². The van der Waals surface area contributed by atoms with Gasteiger partial charge < -0.3 is 23.7 Å². The quantitative estimate of drug-likeness (QED) is 0.533. The zero-order valence-electron chi connectivity index (χ0n) is 13.6. The molecule has 0 heterocycles. The third-order valence-electron chi connectivity index (χ3n) is 2.88. The van der Waals surface area contributed by atoms with Gasteiger partial charge in [0.05, 0.1) is 41.5 Å². The first-order valence-corrected chi connectivity index (χ1v) is 6.77. The van der Waals surface area contributed by atoms with E-state index >= 15 is 0 Å². The zero-order valence-corrected chi connectivity index (χ0v) is 13.6. The van der Waals surface area contributed by atoms with E-state index in [1.165, 1.54) is 34.5 Å². The van der Waals surface area contributed by atoms with Crippen LogP contribution in [0.5, 0.6) is 17.2 Å². The Morgan fingerprint density at radius 1 is 1.00 bits per heavy atom. The van der Waals surface area contributed by atoms with E-state index in [4.69, 9.17) is 14.2 Å². The largest absolute Gasteiger partial charge is 0.493 e. The molecule has 0 saturated heterocycles. The summed E-state index contributed by atoms with van der Waals surface area (Å²) in [7, 11) is 5.57. The molecule has 0 aliphatic carbocycles. The maximum atomic E-state index is 11.2. The zero-order chi connectivity index (χ0) is 17.2. The van der Waals surface area contributed by atoms with E-state index in [1.54, 1.807) is 18.2 Å². The molecule has 1 aromatic rings. The molecular weight excluding hydrogens is 304 g/mol. The van der Waals surface area contributed by atoms with Crippen LogP contribution in [0.4, 0.5) is 0 Å². The molecule has 1 aromatic carbocycles. The molecule has 0 aliphatic rings.